The van der Waals surface area contributed by atoms with Crippen LogP contribution in [0.2, 0.25) is 5.15 Å². The number of ether oxygens (including phenoxy) is 2. The van der Waals surface area contributed by atoms with E-state index in [0.717, 1.165) is 32.5 Å². The van der Waals surface area contributed by atoms with E-state index in [9.17, 15) is 9.59 Å². The van der Waals surface area contributed by atoms with Gasteiger partial charge in [0.2, 0.25) is 0 Å². The fourth-order valence-corrected chi connectivity index (χ4v) is 9.36. The van der Waals surface area contributed by atoms with Gasteiger partial charge in [-0.2, -0.15) is 5.26 Å². The first-order chi connectivity index (χ1) is 26.5. The monoisotopic (exact) mass is 892 g/mol. The average Bonchev–Trinajstić information content (AvgIpc) is 3.92. The molecule has 56 heavy (non-hydrogen) atoms. The summed E-state index contributed by atoms with van der Waals surface area (Å²) in [6.07, 6.45) is 3.73. The highest BCUT2D eigenvalue weighted by Crippen LogP contribution is 2.41. The first-order valence-electron chi connectivity index (χ1n) is 17.1. The molecule has 6 rings (SSSR count). The second-order valence-electron chi connectivity index (χ2n) is 12.6. The maximum absolute atomic E-state index is 12.1. The maximum Gasteiger partial charge on any atom is 0.505 e. The summed E-state index contributed by atoms with van der Waals surface area (Å²) in [6.45, 7) is 16.6. The Morgan fingerprint density at radius 2 is 1.52 bits per heavy atom. The number of thiophene rings is 3. The molecule has 1 saturated heterocycles. The Morgan fingerprint density at radius 3 is 2.05 bits per heavy atom. The van der Waals surface area contributed by atoms with Gasteiger partial charge in [-0.3, -0.25) is 4.79 Å². The fourth-order valence-electron chi connectivity index (χ4n) is 4.74. The first-order valence-corrected chi connectivity index (χ1v) is 23.3. The number of halogens is 1. The van der Waals surface area contributed by atoms with Crippen molar-refractivity contribution in [3.8, 4) is 16.6 Å². The number of nitrogens with two attached hydrogens (primary N) is 1. The van der Waals surface area contributed by atoms with Crippen LogP contribution in [0.1, 0.15) is 66.5 Å². The number of esters is 2. The van der Waals surface area contributed by atoms with E-state index in [1.165, 1.54) is 44.6 Å². The van der Waals surface area contributed by atoms with Gasteiger partial charge in [-0.1, -0.05) is 53.0 Å². The highest BCUT2D eigenvalue weighted by molar-refractivity contribution is 8.00. The van der Waals surface area contributed by atoms with Gasteiger partial charge in [0.05, 0.1) is 51.8 Å². The molecule has 5 aromatic heterocycles. The number of fused-ring (bicyclic) bond motifs is 1. The van der Waals surface area contributed by atoms with E-state index >= 15 is 0 Å². The molecule has 0 bridgehead atoms. The number of carbonyl (C=O) groups is 2. The maximum atomic E-state index is 12.1. The molecule has 0 aliphatic carbocycles. The number of hydrogen-bond donors (Lipinski definition) is 1. The summed E-state index contributed by atoms with van der Waals surface area (Å²) in [5, 5.41) is 11.3. The lowest BCUT2D eigenvalue weighted by Gasteiger charge is -2.32. The second kappa shape index (κ2) is 20.2. The molecule has 1 aliphatic heterocycles. The Balaban J connectivity index is 0.000000191. The van der Waals surface area contributed by atoms with Crippen LogP contribution in [0.15, 0.2) is 39.6 Å². The van der Waals surface area contributed by atoms with E-state index in [-0.39, 0.29) is 40.8 Å². The van der Waals surface area contributed by atoms with Crippen LogP contribution in [0.4, 0.5) is 5.69 Å². The lowest BCUT2D eigenvalue weighted by atomic mass is 9.88. The van der Waals surface area contributed by atoms with Gasteiger partial charge >= 0.3 is 19.1 Å². The third kappa shape index (κ3) is 11.2. The van der Waals surface area contributed by atoms with Crippen LogP contribution < -0.4 is 10.5 Å². The summed E-state index contributed by atoms with van der Waals surface area (Å²) < 4.78 is 22.9. The van der Waals surface area contributed by atoms with Crippen molar-refractivity contribution >= 4 is 121 Å². The summed E-state index contributed by atoms with van der Waals surface area (Å²) in [6, 6.07) is 10.2. The van der Waals surface area contributed by atoms with Gasteiger partial charge in [-0.05, 0) is 86.1 Å². The molecule has 298 valence electrons. The summed E-state index contributed by atoms with van der Waals surface area (Å²) in [5.74, 6) is -0.678. The number of hydrogen-bond acceptors (Lipinski definition) is 18. The van der Waals surface area contributed by atoms with Gasteiger partial charge in [0, 0.05) is 14.5 Å². The van der Waals surface area contributed by atoms with Crippen molar-refractivity contribution in [1.82, 2.24) is 19.9 Å². The predicted molar refractivity (Wildman–Crippen MR) is 233 cm³/mol. The van der Waals surface area contributed by atoms with Gasteiger partial charge in [-0.15, -0.1) is 34.0 Å². The summed E-state index contributed by atoms with van der Waals surface area (Å²) in [4.78, 5) is 45.2. The van der Waals surface area contributed by atoms with Crippen molar-refractivity contribution in [1.29, 1.82) is 5.26 Å². The van der Waals surface area contributed by atoms with E-state index in [1.54, 1.807) is 42.8 Å². The molecule has 0 saturated carbocycles. The Morgan fingerprint density at radius 1 is 0.911 bits per heavy atom. The summed E-state index contributed by atoms with van der Waals surface area (Å²) >= 11 is 14.4. The smallest absolute Gasteiger partial charge is 0.465 e. The number of carbonyl (C=O) groups excluding carboxylic acids is 2. The lowest BCUT2D eigenvalue weighted by Crippen LogP contribution is -2.41. The van der Waals surface area contributed by atoms with E-state index in [4.69, 9.17) is 41.4 Å². The number of thioether (sulfide) groups is 3. The van der Waals surface area contributed by atoms with Crippen molar-refractivity contribution < 1.29 is 28.4 Å². The quantitative estimate of drug-likeness (QED) is 0.0463. The first kappa shape index (κ1) is 45.8. The van der Waals surface area contributed by atoms with E-state index in [2.05, 4.69) is 66.7 Å². The van der Waals surface area contributed by atoms with Crippen LogP contribution in [0.5, 0.6) is 0 Å². The molecule has 2 N–H and O–H groups in total. The van der Waals surface area contributed by atoms with Crippen LogP contribution in [0, 0.1) is 25.2 Å². The molecule has 0 radical (unpaired) electrons. The van der Waals surface area contributed by atoms with Gasteiger partial charge in [-0.25, -0.2) is 24.7 Å². The van der Waals surface area contributed by atoms with Gasteiger partial charge in [0.15, 0.2) is 15.5 Å². The summed E-state index contributed by atoms with van der Waals surface area (Å²) in [7, 11) is -0.200. The Kier molecular flexibility index (Phi) is 16.5. The van der Waals surface area contributed by atoms with Crippen molar-refractivity contribution in [2.75, 3.05) is 37.2 Å². The molecular formula is C36H42BClN6O6S6. The standard InChI is InChI=1S/C15H15N3O2S3.C11H17BO2S.C10H10ClN3O2S2/c1-4-20-14(19)12-10(16)9-11(8-6-5-7(2)22-8)17-15(21-3)18-13(9)23-12;1-8-6-7-9(15-8)12-13-10(2,3)11(4,5)14-12;1-3-16-7(15)5-18-9-6(4-12)8(11)13-10(14-9)17-2/h5-6H,4,16H2,1-3H3;6-7H,1-5H3;3,5H2,1-2H3. The molecule has 5 aromatic rings. The number of nitrogens with zero attached hydrogens (tertiary/aromatic N) is 5. The van der Waals surface area contributed by atoms with Crippen molar-refractivity contribution in [2.45, 2.75) is 81.9 Å². The molecule has 0 spiro atoms. The minimum absolute atomic E-state index is 0.0870. The molecule has 1 fully saturated rings. The Hall–Kier alpha value is -2.93. The Labute approximate surface area is 357 Å². The largest absolute Gasteiger partial charge is 0.505 e. The van der Waals surface area contributed by atoms with Crippen LogP contribution in [-0.4, -0.2) is 81.7 Å². The molecular weight excluding hydrogens is 851 g/mol. The topological polar surface area (TPSA) is 172 Å². The zero-order valence-corrected chi connectivity index (χ0v) is 38.3. The number of aromatic nitrogens is 4. The van der Waals surface area contributed by atoms with Gasteiger partial charge in [0.1, 0.15) is 26.4 Å². The SMILES string of the molecule is CCOC(=O)CSc1nc(SC)nc(Cl)c1C#N.CCOC(=O)c1sc2nc(SC)nc(-c3ccc(C)s3)c2c1N.Cc1ccc(B2OC(C)(C)C(C)(C)O2)s1. The Bertz CT molecular complexity index is 2210. The predicted octanol–water partition coefficient (Wildman–Crippen LogP) is 8.94. The molecule has 0 aromatic carbocycles. The second-order valence-corrected chi connectivity index (χ2v) is 19.1. The molecule has 0 unspecified atom stereocenters. The number of aryl methyl sites for hydroxylation is 2. The zero-order valence-electron chi connectivity index (χ0n) is 32.6. The van der Waals surface area contributed by atoms with Gasteiger partial charge < -0.3 is 24.5 Å². The number of rotatable bonds is 10. The molecule has 1 aliphatic rings. The third-order valence-corrected chi connectivity index (χ3v) is 13.6. The van der Waals surface area contributed by atoms with Crippen LogP contribution in [0.3, 0.4) is 0 Å². The highest BCUT2D eigenvalue weighted by Gasteiger charge is 2.52. The normalized spacial score (nSPS) is 14.0. The average molecular weight is 893 g/mol. The molecule has 6 heterocycles. The minimum atomic E-state index is -0.410. The molecule has 0 amide bonds. The minimum Gasteiger partial charge on any atom is -0.465 e. The highest BCUT2D eigenvalue weighted by atomic mass is 35.5. The van der Waals surface area contributed by atoms with Crippen LogP contribution >= 0.6 is 80.9 Å². The van der Waals surface area contributed by atoms with Crippen molar-refractivity contribution in [2.24, 2.45) is 0 Å². The van der Waals surface area contributed by atoms with Crippen LogP contribution in [0.25, 0.3) is 20.8 Å². The summed E-state index contributed by atoms with van der Waals surface area (Å²) in [5.41, 5.74) is 7.12. The molecule has 0 atom stereocenters. The fraction of sp³-hybridized carbons (Fsp3) is 0.417. The number of anilines is 1. The number of nitrogen functional groups attached to an aromatic ring is 1. The lowest BCUT2D eigenvalue weighted by molar-refractivity contribution is -0.139. The van der Waals surface area contributed by atoms with E-state index in [1.807, 2.05) is 31.4 Å². The molecule has 20 heteroatoms. The van der Waals surface area contributed by atoms with Crippen molar-refractivity contribution in [3.05, 3.63) is 49.6 Å². The zero-order chi connectivity index (χ0) is 41.4. The van der Waals surface area contributed by atoms with E-state index < -0.39 is 5.97 Å². The third-order valence-electron chi connectivity index (χ3n) is 8.17. The van der Waals surface area contributed by atoms with Gasteiger partial charge in [0.25, 0.3) is 0 Å². The number of nitriles is 1. The molecule has 12 nitrogen and oxygen atoms in total. The van der Waals surface area contributed by atoms with E-state index in [0.29, 0.717) is 43.9 Å². The van der Waals surface area contributed by atoms with Crippen molar-refractivity contribution in [3.63, 3.8) is 0 Å². The van der Waals surface area contributed by atoms with Crippen LogP contribution in [-0.2, 0) is 23.6 Å².